The summed E-state index contributed by atoms with van der Waals surface area (Å²) in [5.41, 5.74) is -1.09. The molecule has 0 amide bonds. The van der Waals surface area contributed by atoms with Crippen LogP contribution in [0.2, 0.25) is 4.34 Å². The van der Waals surface area contributed by atoms with Gasteiger partial charge in [0.1, 0.15) is 11.4 Å². The van der Waals surface area contributed by atoms with Crippen LogP contribution in [0, 0.1) is 5.82 Å². The van der Waals surface area contributed by atoms with Crippen molar-refractivity contribution in [3.05, 3.63) is 57.0 Å². The molecular weight excluding hydrogens is 247 g/mol. The van der Waals surface area contributed by atoms with E-state index in [2.05, 4.69) is 0 Å². The van der Waals surface area contributed by atoms with Gasteiger partial charge in [-0.3, -0.25) is 0 Å². The Kier molecular flexibility index (Phi) is 3.02. The van der Waals surface area contributed by atoms with E-state index in [9.17, 15) is 9.50 Å². The van der Waals surface area contributed by atoms with Gasteiger partial charge in [-0.25, -0.2) is 4.39 Å². The third kappa shape index (κ3) is 1.98. The SMILES string of the molecule is CC(O)(c1ccc(Cl)s1)c1ccccc1F. The monoisotopic (exact) mass is 256 g/mol. The third-order valence-electron chi connectivity index (χ3n) is 2.45. The van der Waals surface area contributed by atoms with Crippen molar-refractivity contribution in [2.75, 3.05) is 0 Å². The van der Waals surface area contributed by atoms with E-state index >= 15 is 0 Å². The highest BCUT2D eigenvalue weighted by atomic mass is 35.5. The summed E-state index contributed by atoms with van der Waals surface area (Å²) >= 11 is 7.05. The number of hydrogen-bond donors (Lipinski definition) is 1. The second-order valence-electron chi connectivity index (χ2n) is 3.66. The molecule has 1 unspecified atom stereocenters. The van der Waals surface area contributed by atoms with Crippen LogP contribution in [0.4, 0.5) is 4.39 Å². The molecule has 0 aliphatic rings. The lowest BCUT2D eigenvalue weighted by Crippen LogP contribution is -2.22. The van der Waals surface area contributed by atoms with Crippen molar-refractivity contribution < 1.29 is 9.50 Å². The second-order valence-corrected chi connectivity index (χ2v) is 5.37. The Balaban J connectivity index is 2.50. The molecule has 0 spiro atoms. The van der Waals surface area contributed by atoms with Crippen LogP contribution in [-0.4, -0.2) is 5.11 Å². The zero-order valence-corrected chi connectivity index (χ0v) is 10.1. The van der Waals surface area contributed by atoms with Gasteiger partial charge < -0.3 is 5.11 Å². The molecule has 0 aliphatic heterocycles. The zero-order valence-electron chi connectivity index (χ0n) is 8.58. The Hall–Kier alpha value is -0.900. The lowest BCUT2D eigenvalue weighted by atomic mass is 9.94. The topological polar surface area (TPSA) is 20.2 Å². The summed E-state index contributed by atoms with van der Waals surface area (Å²) in [6.07, 6.45) is 0. The smallest absolute Gasteiger partial charge is 0.129 e. The van der Waals surface area contributed by atoms with Gasteiger partial charge in [-0.15, -0.1) is 11.3 Å². The van der Waals surface area contributed by atoms with Crippen molar-refractivity contribution in [2.45, 2.75) is 12.5 Å². The van der Waals surface area contributed by atoms with Gasteiger partial charge in [0.15, 0.2) is 0 Å². The minimum atomic E-state index is -1.34. The van der Waals surface area contributed by atoms with Crippen LogP contribution in [0.25, 0.3) is 0 Å². The maximum Gasteiger partial charge on any atom is 0.129 e. The standard InChI is InChI=1S/C12H10ClFOS/c1-12(15,10-6-7-11(13)16-10)8-4-2-3-5-9(8)14/h2-7,15H,1H3. The van der Waals surface area contributed by atoms with Crippen LogP contribution in [0.15, 0.2) is 36.4 Å². The molecule has 1 heterocycles. The Morgan fingerprint density at radius 2 is 1.94 bits per heavy atom. The van der Waals surface area contributed by atoms with Gasteiger partial charge >= 0.3 is 0 Å². The first kappa shape index (κ1) is 11.6. The molecule has 0 fully saturated rings. The largest absolute Gasteiger partial charge is 0.380 e. The van der Waals surface area contributed by atoms with E-state index in [0.29, 0.717) is 9.21 Å². The molecule has 84 valence electrons. The molecule has 2 aromatic rings. The van der Waals surface area contributed by atoms with E-state index in [4.69, 9.17) is 11.6 Å². The normalized spacial score (nSPS) is 14.8. The number of rotatable bonds is 2. The molecule has 16 heavy (non-hydrogen) atoms. The fraction of sp³-hybridized carbons (Fsp3) is 0.167. The maximum atomic E-state index is 13.6. The van der Waals surface area contributed by atoms with Crippen LogP contribution in [-0.2, 0) is 5.60 Å². The quantitative estimate of drug-likeness (QED) is 0.867. The summed E-state index contributed by atoms with van der Waals surface area (Å²) in [5, 5.41) is 10.4. The predicted octanol–water partition coefficient (Wildman–Crippen LogP) is 3.80. The lowest BCUT2D eigenvalue weighted by molar-refractivity contribution is 0.102. The molecule has 4 heteroatoms. The minimum absolute atomic E-state index is 0.258. The first-order valence-corrected chi connectivity index (χ1v) is 5.94. The highest BCUT2D eigenvalue weighted by Gasteiger charge is 2.29. The van der Waals surface area contributed by atoms with E-state index in [1.807, 2.05) is 0 Å². The number of benzene rings is 1. The second kappa shape index (κ2) is 4.17. The van der Waals surface area contributed by atoms with Crippen LogP contribution in [0.1, 0.15) is 17.4 Å². The number of thiophene rings is 1. The van der Waals surface area contributed by atoms with Gasteiger partial charge in [0.2, 0.25) is 0 Å². The van der Waals surface area contributed by atoms with Gasteiger partial charge in [0.25, 0.3) is 0 Å². The molecule has 1 aromatic heterocycles. The van der Waals surface area contributed by atoms with E-state index in [1.54, 1.807) is 37.3 Å². The summed E-state index contributed by atoms with van der Waals surface area (Å²) in [6, 6.07) is 9.59. The molecule has 0 bridgehead atoms. The average molecular weight is 257 g/mol. The summed E-state index contributed by atoms with van der Waals surface area (Å²) in [6.45, 7) is 1.56. The van der Waals surface area contributed by atoms with Crippen LogP contribution >= 0.6 is 22.9 Å². The van der Waals surface area contributed by atoms with Crippen molar-refractivity contribution in [2.24, 2.45) is 0 Å². The number of aliphatic hydroxyl groups is 1. The van der Waals surface area contributed by atoms with Crippen molar-refractivity contribution in [3.63, 3.8) is 0 Å². The lowest BCUT2D eigenvalue weighted by Gasteiger charge is -2.22. The summed E-state index contributed by atoms with van der Waals surface area (Å²) in [7, 11) is 0. The van der Waals surface area contributed by atoms with Gasteiger partial charge in [-0.2, -0.15) is 0 Å². The molecule has 0 saturated carbocycles. The fourth-order valence-corrected chi connectivity index (χ4v) is 2.67. The molecule has 0 saturated heterocycles. The third-order valence-corrected chi connectivity index (χ3v) is 3.89. The average Bonchev–Trinajstić information content (AvgIpc) is 2.66. The van der Waals surface area contributed by atoms with Gasteiger partial charge in [0, 0.05) is 10.4 Å². The van der Waals surface area contributed by atoms with Crippen molar-refractivity contribution in [3.8, 4) is 0 Å². The first-order chi connectivity index (χ1) is 7.51. The van der Waals surface area contributed by atoms with Gasteiger partial charge in [0.05, 0.1) is 4.34 Å². The van der Waals surface area contributed by atoms with Crippen molar-refractivity contribution in [1.29, 1.82) is 0 Å². The fourth-order valence-electron chi connectivity index (χ4n) is 1.56. The van der Waals surface area contributed by atoms with E-state index < -0.39 is 11.4 Å². The number of hydrogen-bond acceptors (Lipinski definition) is 2. The molecule has 1 aromatic carbocycles. The predicted molar refractivity (Wildman–Crippen MR) is 64.4 cm³/mol. The van der Waals surface area contributed by atoms with Crippen molar-refractivity contribution >= 4 is 22.9 Å². The molecule has 0 radical (unpaired) electrons. The van der Waals surface area contributed by atoms with Crippen LogP contribution < -0.4 is 0 Å². The van der Waals surface area contributed by atoms with E-state index in [1.165, 1.54) is 17.4 Å². The summed E-state index contributed by atoms with van der Waals surface area (Å²) < 4.78 is 14.2. The summed E-state index contributed by atoms with van der Waals surface area (Å²) in [4.78, 5) is 0.627. The van der Waals surface area contributed by atoms with Gasteiger partial charge in [-0.1, -0.05) is 29.8 Å². The number of halogens is 2. The Labute approximate surface area is 102 Å². The molecule has 1 nitrogen and oxygen atoms in total. The first-order valence-electron chi connectivity index (χ1n) is 4.75. The maximum absolute atomic E-state index is 13.6. The Morgan fingerprint density at radius 1 is 1.25 bits per heavy atom. The van der Waals surface area contributed by atoms with E-state index in [-0.39, 0.29) is 5.56 Å². The van der Waals surface area contributed by atoms with Gasteiger partial charge in [-0.05, 0) is 25.1 Å². The minimum Gasteiger partial charge on any atom is -0.380 e. The Morgan fingerprint density at radius 3 is 2.50 bits per heavy atom. The molecular formula is C12H10ClFOS. The van der Waals surface area contributed by atoms with Crippen molar-refractivity contribution in [1.82, 2.24) is 0 Å². The Bertz CT molecular complexity index is 507. The molecule has 1 atom stereocenters. The molecule has 1 N–H and O–H groups in total. The van der Waals surface area contributed by atoms with E-state index in [0.717, 1.165) is 0 Å². The highest BCUT2D eigenvalue weighted by molar-refractivity contribution is 7.16. The molecule has 2 rings (SSSR count). The van der Waals surface area contributed by atoms with Crippen LogP contribution in [0.5, 0.6) is 0 Å². The zero-order chi connectivity index (χ0) is 11.8. The van der Waals surface area contributed by atoms with Crippen LogP contribution in [0.3, 0.4) is 0 Å². The summed E-state index contributed by atoms with van der Waals surface area (Å²) in [5.74, 6) is -0.419. The highest BCUT2D eigenvalue weighted by Crippen LogP contribution is 2.36. The molecule has 0 aliphatic carbocycles.